The van der Waals surface area contributed by atoms with Gasteiger partial charge < -0.3 is 9.47 Å². The van der Waals surface area contributed by atoms with E-state index in [1.165, 1.54) is 11.1 Å². The second kappa shape index (κ2) is 7.81. The largest absolute Gasteiger partial charge is 0.492 e. The molecule has 1 heterocycles. The standard InChI is InChI=1S/C18H28NO2/c1-14(2)16-11-17(15(3)4)13-18(12-16)21-10-7-19-5-8-20-9-6-19/h12-15H,5-10H2,1-4H3. The molecule has 1 aliphatic heterocycles. The van der Waals surface area contributed by atoms with E-state index < -0.39 is 0 Å². The summed E-state index contributed by atoms with van der Waals surface area (Å²) in [5, 5.41) is 0. The van der Waals surface area contributed by atoms with Crippen LogP contribution < -0.4 is 4.74 Å². The number of benzene rings is 1. The van der Waals surface area contributed by atoms with Crippen molar-refractivity contribution in [2.24, 2.45) is 0 Å². The third-order valence-corrected chi connectivity index (χ3v) is 3.91. The van der Waals surface area contributed by atoms with Crippen LogP contribution in [0.25, 0.3) is 0 Å². The second-order valence-corrected chi connectivity index (χ2v) is 6.34. The Balaban J connectivity index is 1.94. The fourth-order valence-electron chi connectivity index (χ4n) is 2.41. The van der Waals surface area contributed by atoms with Crippen LogP contribution in [0.2, 0.25) is 0 Å². The van der Waals surface area contributed by atoms with Crippen molar-refractivity contribution < 1.29 is 9.47 Å². The molecule has 117 valence electrons. The Kier molecular flexibility index (Phi) is 6.07. The first-order valence-electron chi connectivity index (χ1n) is 8.06. The molecule has 0 saturated carbocycles. The maximum Gasteiger partial charge on any atom is 0.119 e. The molecule has 0 bridgehead atoms. The number of ether oxygens (including phenoxy) is 2. The van der Waals surface area contributed by atoms with Gasteiger partial charge in [0, 0.05) is 19.6 Å². The molecule has 21 heavy (non-hydrogen) atoms. The fourth-order valence-corrected chi connectivity index (χ4v) is 2.41. The Hall–Kier alpha value is -1.06. The number of morpholine rings is 1. The van der Waals surface area contributed by atoms with Gasteiger partial charge in [-0.05, 0) is 41.2 Å². The zero-order valence-electron chi connectivity index (χ0n) is 13.8. The molecule has 0 aromatic heterocycles. The highest BCUT2D eigenvalue weighted by molar-refractivity contribution is 5.36. The van der Waals surface area contributed by atoms with Crippen molar-refractivity contribution in [2.75, 3.05) is 39.5 Å². The normalized spacial score (nSPS) is 16.7. The first-order chi connectivity index (χ1) is 10.1. The average molecular weight is 290 g/mol. The number of nitrogens with zero attached hydrogens (tertiary/aromatic N) is 1. The first-order valence-corrected chi connectivity index (χ1v) is 8.06. The number of hydrogen-bond donors (Lipinski definition) is 0. The molecule has 1 saturated heterocycles. The molecular weight excluding hydrogens is 262 g/mol. The van der Waals surface area contributed by atoms with Crippen molar-refractivity contribution in [3.8, 4) is 5.75 Å². The van der Waals surface area contributed by atoms with Gasteiger partial charge in [0.15, 0.2) is 0 Å². The van der Waals surface area contributed by atoms with E-state index in [-0.39, 0.29) is 0 Å². The number of hydrogen-bond acceptors (Lipinski definition) is 3. The molecule has 0 aliphatic carbocycles. The first kappa shape index (κ1) is 16.3. The minimum Gasteiger partial charge on any atom is -0.492 e. The molecule has 0 spiro atoms. The van der Waals surface area contributed by atoms with E-state index in [4.69, 9.17) is 9.47 Å². The molecule has 0 N–H and O–H groups in total. The predicted octanol–water partition coefficient (Wildman–Crippen LogP) is 3.44. The topological polar surface area (TPSA) is 21.7 Å². The van der Waals surface area contributed by atoms with E-state index in [9.17, 15) is 0 Å². The second-order valence-electron chi connectivity index (χ2n) is 6.34. The van der Waals surface area contributed by atoms with Crippen LogP contribution in [0.1, 0.15) is 50.7 Å². The summed E-state index contributed by atoms with van der Waals surface area (Å²) in [5.74, 6) is 1.94. The summed E-state index contributed by atoms with van der Waals surface area (Å²) in [4.78, 5) is 2.39. The highest BCUT2D eigenvalue weighted by Crippen LogP contribution is 2.26. The molecule has 1 fully saturated rings. The van der Waals surface area contributed by atoms with E-state index in [0.29, 0.717) is 11.8 Å². The molecule has 2 rings (SSSR count). The smallest absolute Gasteiger partial charge is 0.119 e. The van der Waals surface area contributed by atoms with Crippen molar-refractivity contribution >= 4 is 0 Å². The minimum absolute atomic E-state index is 0.477. The summed E-state index contributed by atoms with van der Waals surface area (Å²) >= 11 is 0. The fraction of sp³-hybridized carbons (Fsp3) is 0.667. The molecule has 1 aliphatic rings. The lowest BCUT2D eigenvalue weighted by atomic mass is 9.95. The average Bonchev–Trinajstić information content (AvgIpc) is 2.48. The third-order valence-electron chi connectivity index (χ3n) is 3.91. The van der Waals surface area contributed by atoms with Gasteiger partial charge in [0.2, 0.25) is 0 Å². The van der Waals surface area contributed by atoms with Gasteiger partial charge in [0.25, 0.3) is 0 Å². The molecule has 3 nitrogen and oxygen atoms in total. The summed E-state index contributed by atoms with van der Waals surface area (Å²) in [6.45, 7) is 14.2. The van der Waals surface area contributed by atoms with E-state index in [1.807, 2.05) is 0 Å². The van der Waals surface area contributed by atoms with Crippen LogP contribution in [-0.4, -0.2) is 44.4 Å². The van der Waals surface area contributed by atoms with Crippen LogP contribution in [0.3, 0.4) is 0 Å². The number of rotatable bonds is 6. The van der Waals surface area contributed by atoms with Crippen LogP contribution in [0.5, 0.6) is 5.75 Å². The SMILES string of the molecule is CC(C)c1[c]c(C(C)C)cc(OCCN2CCOCC2)c1. The Morgan fingerprint density at radius 3 is 2.19 bits per heavy atom. The van der Waals surface area contributed by atoms with Crippen LogP contribution >= 0.6 is 0 Å². The predicted molar refractivity (Wildman–Crippen MR) is 86.2 cm³/mol. The van der Waals surface area contributed by atoms with Crippen molar-refractivity contribution in [1.29, 1.82) is 0 Å². The Morgan fingerprint density at radius 2 is 1.67 bits per heavy atom. The molecule has 3 heteroatoms. The quantitative estimate of drug-likeness (QED) is 0.801. The lowest BCUT2D eigenvalue weighted by Gasteiger charge is -2.26. The summed E-state index contributed by atoms with van der Waals surface area (Å²) < 4.78 is 11.3. The summed E-state index contributed by atoms with van der Waals surface area (Å²) in [6, 6.07) is 7.79. The zero-order valence-corrected chi connectivity index (χ0v) is 13.8. The lowest BCUT2D eigenvalue weighted by molar-refractivity contribution is 0.0322. The molecule has 1 aromatic rings. The molecule has 1 aromatic carbocycles. The van der Waals surface area contributed by atoms with Gasteiger partial charge in [-0.15, -0.1) is 0 Å². The van der Waals surface area contributed by atoms with Gasteiger partial charge in [0.1, 0.15) is 12.4 Å². The van der Waals surface area contributed by atoms with Gasteiger partial charge in [-0.1, -0.05) is 27.7 Å². The van der Waals surface area contributed by atoms with E-state index in [0.717, 1.165) is 45.2 Å². The molecule has 0 amide bonds. The molecule has 0 unspecified atom stereocenters. The zero-order chi connectivity index (χ0) is 15.2. The van der Waals surface area contributed by atoms with E-state index in [1.54, 1.807) is 0 Å². The highest BCUT2D eigenvalue weighted by atomic mass is 16.5. The maximum atomic E-state index is 5.99. The Bertz CT molecular complexity index is 411. The highest BCUT2D eigenvalue weighted by Gasteiger charge is 2.11. The molecule has 1 radical (unpaired) electrons. The summed E-state index contributed by atoms with van der Waals surface area (Å²) in [5.41, 5.74) is 2.48. The van der Waals surface area contributed by atoms with Crippen LogP contribution in [0.4, 0.5) is 0 Å². The third kappa shape index (κ3) is 5.01. The summed E-state index contributed by atoms with van der Waals surface area (Å²) in [6.07, 6.45) is 0. The van der Waals surface area contributed by atoms with E-state index >= 15 is 0 Å². The molecule has 0 atom stereocenters. The van der Waals surface area contributed by atoms with Gasteiger partial charge in [0.05, 0.1) is 13.2 Å². The van der Waals surface area contributed by atoms with Crippen LogP contribution in [0.15, 0.2) is 12.1 Å². The minimum atomic E-state index is 0.477. The van der Waals surface area contributed by atoms with Crippen molar-refractivity contribution in [3.63, 3.8) is 0 Å². The van der Waals surface area contributed by atoms with E-state index in [2.05, 4.69) is 50.8 Å². The lowest BCUT2D eigenvalue weighted by Crippen LogP contribution is -2.38. The van der Waals surface area contributed by atoms with Crippen molar-refractivity contribution in [2.45, 2.75) is 39.5 Å². The van der Waals surface area contributed by atoms with Gasteiger partial charge in [-0.2, -0.15) is 0 Å². The van der Waals surface area contributed by atoms with Gasteiger partial charge in [-0.3, -0.25) is 4.90 Å². The maximum absolute atomic E-state index is 5.99. The van der Waals surface area contributed by atoms with Crippen molar-refractivity contribution in [3.05, 3.63) is 29.3 Å². The molecular formula is C18H28NO2. The van der Waals surface area contributed by atoms with Crippen molar-refractivity contribution in [1.82, 2.24) is 4.90 Å². The van der Waals surface area contributed by atoms with Gasteiger partial charge in [-0.25, -0.2) is 0 Å². The Labute approximate surface area is 129 Å². The van der Waals surface area contributed by atoms with Crippen LogP contribution in [0, 0.1) is 6.07 Å². The monoisotopic (exact) mass is 290 g/mol. The van der Waals surface area contributed by atoms with Gasteiger partial charge >= 0.3 is 0 Å². The summed E-state index contributed by atoms with van der Waals surface area (Å²) in [7, 11) is 0. The van der Waals surface area contributed by atoms with Crippen LogP contribution in [-0.2, 0) is 4.74 Å². The Morgan fingerprint density at radius 1 is 1.10 bits per heavy atom.